The van der Waals surface area contributed by atoms with Crippen LogP contribution in [-0.4, -0.2) is 183 Å². The van der Waals surface area contributed by atoms with E-state index in [9.17, 15) is 24.3 Å². The molecule has 17 nitrogen and oxygen atoms in total. The van der Waals surface area contributed by atoms with Crippen LogP contribution in [-0.2, 0) is 61.8 Å². The number of rotatable bonds is 31. The number of hydrogen-bond acceptors (Lipinski definition) is 14. The average molecular weight is 695 g/mol. The van der Waals surface area contributed by atoms with E-state index in [4.69, 9.17) is 47.4 Å². The van der Waals surface area contributed by atoms with Gasteiger partial charge in [-0.2, -0.15) is 0 Å². The van der Waals surface area contributed by atoms with Crippen molar-refractivity contribution in [3.05, 3.63) is 12.2 Å². The Morgan fingerprint density at radius 2 is 0.979 bits per heavy atom. The third kappa shape index (κ3) is 22.0. The molecule has 1 heterocycles. The maximum Gasteiger partial charge on any atom is 0.410 e. The van der Waals surface area contributed by atoms with Crippen LogP contribution in [0.25, 0.3) is 0 Å². The van der Waals surface area contributed by atoms with Crippen molar-refractivity contribution < 1.29 is 71.7 Å². The third-order valence-corrected chi connectivity index (χ3v) is 6.03. The standard InChI is InChI=1S/C31H54N2O15/c1-31(2,3)48-30(38)32(25-26(29(36)37)33-27(34)5-6-28(33)35)7-8-40-11-12-42-15-16-44-19-20-46-23-24-47-22-21-45-18-17-43-14-13-41-10-9-39-4/h5-6,26H,7-25H2,1-4H3,(H,36,37). The number of carboxylic acids is 1. The number of imide groups is 1. The molecular weight excluding hydrogens is 640 g/mol. The zero-order valence-corrected chi connectivity index (χ0v) is 28.7. The number of aliphatic carboxylic acids is 1. The number of nitrogens with zero attached hydrogens (tertiary/aromatic N) is 2. The Labute approximate surface area is 282 Å². The lowest BCUT2D eigenvalue weighted by Gasteiger charge is -2.31. The maximum absolute atomic E-state index is 12.8. The lowest BCUT2D eigenvalue weighted by Crippen LogP contribution is -2.53. The molecule has 0 saturated carbocycles. The van der Waals surface area contributed by atoms with E-state index in [0.29, 0.717) is 97.4 Å². The van der Waals surface area contributed by atoms with Gasteiger partial charge >= 0.3 is 12.1 Å². The van der Waals surface area contributed by atoms with Crippen molar-refractivity contribution in [3.8, 4) is 0 Å². The Kier molecular flexibility index (Phi) is 24.5. The molecule has 278 valence electrons. The Hall–Kier alpha value is -2.74. The van der Waals surface area contributed by atoms with Gasteiger partial charge in [-0.1, -0.05) is 0 Å². The normalized spacial score (nSPS) is 13.8. The fourth-order valence-corrected chi connectivity index (χ4v) is 3.74. The van der Waals surface area contributed by atoms with Crippen LogP contribution in [0.4, 0.5) is 4.79 Å². The summed E-state index contributed by atoms with van der Waals surface area (Å²) in [6, 6.07) is -1.58. The zero-order chi connectivity index (χ0) is 35.5. The van der Waals surface area contributed by atoms with Gasteiger partial charge in [-0.15, -0.1) is 0 Å². The monoisotopic (exact) mass is 694 g/mol. The van der Waals surface area contributed by atoms with Gasteiger partial charge < -0.3 is 57.4 Å². The number of carbonyl (C=O) groups excluding carboxylic acids is 3. The van der Waals surface area contributed by atoms with Crippen molar-refractivity contribution in [1.82, 2.24) is 9.80 Å². The highest BCUT2D eigenvalue weighted by Gasteiger charge is 2.38. The van der Waals surface area contributed by atoms with Crippen LogP contribution in [0.5, 0.6) is 0 Å². The van der Waals surface area contributed by atoms with E-state index in [1.807, 2.05) is 0 Å². The summed E-state index contributed by atoms with van der Waals surface area (Å²) in [6.45, 7) is 11.6. The second-order valence-corrected chi connectivity index (χ2v) is 11.1. The highest BCUT2D eigenvalue weighted by molar-refractivity contribution is 6.14. The van der Waals surface area contributed by atoms with Crippen molar-refractivity contribution >= 4 is 23.9 Å². The molecule has 1 atom stereocenters. The van der Waals surface area contributed by atoms with Crippen LogP contribution < -0.4 is 0 Å². The highest BCUT2D eigenvalue weighted by atomic mass is 16.6. The summed E-state index contributed by atoms with van der Waals surface area (Å²) in [4.78, 5) is 50.4. The number of carboxylic acid groups (broad SMARTS) is 1. The molecule has 48 heavy (non-hydrogen) atoms. The minimum absolute atomic E-state index is 0.0349. The first kappa shape index (κ1) is 43.3. The van der Waals surface area contributed by atoms with Crippen LogP contribution >= 0.6 is 0 Å². The molecule has 0 saturated heterocycles. The molecule has 0 aliphatic carbocycles. The van der Waals surface area contributed by atoms with Gasteiger partial charge in [0.15, 0.2) is 6.04 Å². The van der Waals surface area contributed by atoms with E-state index in [0.717, 1.165) is 17.1 Å². The Morgan fingerprint density at radius 1 is 0.646 bits per heavy atom. The predicted octanol–water partition coefficient (Wildman–Crippen LogP) is 0.381. The number of amides is 3. The predicted molar refractivity (Wildman–Crippen MR) is 169 cm³/mol. The fourth-order valence-electron chi connectivity index (χ4n) is 3.74. The van der Waals surface area contributed by atoms with Gasteiger partial charge in [0.1, 0.15) is 5.60 Å². The highest BCUT2D eigenvalue weighted by Crippen LogP contribution is 2.15. The minimum Gasteiger partial charge on any atom is -0.480 e. The first-order valence-electron chi connectivity index (χ1n) is 15.9. The second-order valence-electron chi connectivity index (χ2n) is 11.1. The van der Waals surface area contributed by atoms with E-state index < -0.39 is 42.1 Å². The van der Waals surface area contributed by atoms with Crippen LogP contribution in [0, 0.1) is 0 Å². The van der Waals surface area contributed by atoms with E-state index >= 15 is 0 Å². The summed E-state index contributed by atoms with van der Waals surface area (Å²) in [5.74, 6) is -2.96. The van der Waals surface area contributed by atoms with Crippen molar-refractivity contribution in [3.63, 3.8) is 0 Å². The number of methoxy groups -OCH3 is 1. The van der Waals surface area contributed by atoms with Crippen LogP contribution in [0.15, 0.2) is 12.2 Å². The molecule has 17 heteroatoms. The van der Waals surface area contributed by atoms with Crippen molar-refractivity contribution in [2.75, 3.05) is 133 Å². The number of carbonyl (C=O) groups is 4. The summed E-state index contributed by atoms with van der Waals surface area (Å²) in [5.41, 5.74) is -0.847. The molecule has 0 fully saturated rings. The van der Waals surface area contributed by atoms with Gasteiger partial charge in [0, 0.05) is 25.8 Å². The molecule has 0 aromatic carbocycles. The molecule has 0 aromatic rings. The van der Waals surface area contributed by atoms with E-state index in [-0.39, 0.29) is 26.4 Å². The molecule has 1 rings (SSSR count). The number of ether oxygens (including phenoxy) is 10. The molecule has 1 aliphatic rings. The van der Waals surface area contributed by atoms with Crippen molar-refractivity contribution in [2.24, 2.45) is 0 Å². The number of hydrogen-bond donors (Lipinski definition) is 1. The summed E-state index contributed by atoms with van der Waals surface area (Å²) in [7, 11) is 1.63. The quantitative estimate of drug-likeness (QED) is 0.0775. The second kappa shape index (κ2) is 27.1. The average Bonchev–Trinajstić information content (AvgIpc) is 3.36. The molecule has 0 radical (unpaired) electrons. The molecule has 1 aliphatic heterocycles. The Balaban J connectivity index is 2.04. The topological polar surface area (TPSA) is 187 Å². The fraction of sp³-hybridized carbons (Fsp3) is 0.806. The van der Waals surface area contributed by atoms with Gasteiger partial charge in [-0.25, -0.2) is 9.59 Å². The lowest BCUT2D eigenvalue weighted by molar-refractivity contribution is -0.154. The van der Waals surface area contributed by atoms with Gasteiger partial charge in [0.25, 0.3) is 11.8 Å². The molecule has 0 bridgehead atoms. The molecule has 1 N–H and O–H groups in total. The summed E-state index contributed by atoms with van der Waals surface area (Å²) >= 11 is 0. The SMILES string of the molecule is COCCOCCOCCOCCOCCOCCOCCOCCOCCN(CC(C(=O)O)N1C(=O)C=CC1=O)C(=O)OC(C)(C)C. The minimum atomic E-state index is -1.58. The molecular formula is C31H54N2O15. The molecule has 0 aromatic heterocycles. The molecule has 1 unspecified atom stereocenters. The van der Waals surface area contributed by atoms with Gasteiger partial charge in [-0.3, -0.25) is 14.5 Å². The molecule has 3 amide bonds. The van der Waals surface area contributed by atoms with E-state index in [2.05, 4.69) is 0 Å². The third-order valence-electron chi connectivity index (χ3n) is 6.03. The lowest BCUT2D eigenvalue weighted by atomic mass is 10.2. The molecule has 0 spiro atoms. The van der Waals surface area contributed by atoms with E-state index in [1.165, 1.54) is 0 Å². The Morgan fingerprint density at radius 3 is 1.29 bits per heavy atom. The smallest absolute Gasteiger partial charge is 0.410 e. The van der Waals surface area contributed by atoms with Crippen LogP contribution in [0.2, 0.25) is 0 Å². The first-order chi connectivity index (χ1) is 23.1. The summed E-state index contributed by atoms with van der Waals surface area (Å²) in [6.07, 6.45) is 1.17. The van der Waals surface area contributed by atoms with E-state index in [1.54, 1.807) is 27.9 Å². The summed E-state index contributed by atoms with van der Waals surface area (Å²) < 4.78 is 53.7. The van der Waals surface area contributed by atoms with Gasteiger partial charge in [-0.05, 0) is 20.8 Å². The van der Waals surface area contributed by atoms with Gasteiger partial charge in [0.05, 0.1) is 119 Å². The zero-order valence-electron chi connectivity index (χ0n) is 28.7. The first-order valence-corrected chi connectivity index (χ1v) is 15.9. The van der Waals surface area contributed by atoms with Crippen LogP contribution in [0.1, 0.15) is 20.8 Å². The maximum atomic E-state index is 12.8. The Bertz CT molecular complexity index is 910. The largest absolute Gasteiger partial charge is 0.480 e. The van der Waals surface area contributed by atoms with Crippen LogP contribution in [0.3, 0.4) is 0 Å². The van der Waals surface area contributed by atoms with Crippen molar-refractivity contribution in [1.29, 1.82) is 0 Å². The summed E-state index contributed by atoms with van der Waals surface area (Å²) in [5, 5.41) is 9.67. The van der Waals surface area contributed by atoms with Gasteiger partial charge in [0.2, 0.25) is 0 Å². The van der Waals surface area contributed by atoms with Crippen molar-refractivity contribution in [2.45, 2.75) is 32.4 Å².